The number of hydrogen-bond acceptors (Lipinski definition) is 2. The van der Waals surface area contributed by atoms with Gasteiger partial charge in [0.15, 0.2) is 0 Å². The average molecular weight is 219 g/mol. The van der Waals surface area contributed by atoms with E-state index in [1.807, 2.05) is 12.1 Å². The normalized spacial score (nSPS) is 19.8. The van der Waals surface area contributed by atoms with E-state index in [1.54, 1.807) is 0 Å². The molecule has 1 N–H and O–H groups in total. The van der Waals surface area contributed by atoms with Gasteiger partial charge in [-0.1, -0.05) is 6.07 Å². The Morgan fingerprint density at radius 1 is 1.38 bits per heavy atom. The van der Waals surface area contributed by atoms with Crippen molar-refractivity contribution in [2.45, 2.75) is 31.6 Å². The number of hydrogen-bond donors (Lipinski definition) is 1. The van der Waals surface area contributed by atoms with Crippen LogP contribution in [0, 0.1) is 0 Å². The summed E-state index contributed by atoms with van der Waals surface area (Å²) >= 11 is 0. The molecule has 1 aliphatic rings. The van der Waals surface area contributed by atoms with Crippen molar-refractivity contribution in [3.63, 3.8) is 0 Å². The van der Waals surface area contributed by atoms with E-state index in [2.05, 4.69) is 25.1 Å². The van der Waals surface area contributed by atoms with E-state index in [4.69, 9.17) is 0 Å². The summed E-state index contributed by atoms with van der Waals surface area (Å²) in [6.07, 6.45) is 4.91. The summed E-state index contributed by atoms with van der Waals surface area (Å²) in [4.78, 5) is 2.24. The molecule has 0 saturated carbocycles. The molecule has 0 heterocycles. The van der Waals surface area contributed by atoms with Gasteiger partial charge in [0.05, 0.1) is 0 Å². The monoisotopic (exact) mass is 219 g/mol. The first-order valence-corrected chi connectivity index (χ1v) is 6.13. The molecule has 0 spiro atoms. The van der Waals surface area contributed by atoms with Gasteiger partial charge < -0.3 is 10.0 Å². The number of phenols is 1. The minimum absolute atomic E-state index is 0.409. The third-order valence-electron chi connectivity index (χ3n) is 3.49. The van der Waals surface area contributed by atoms with Crippen molar-refractivity contribution in [1.29, 1.82) is 0 Å². The fourth-order valence-corrected chi connectivity index (χ4v) is 2.62. The van der Waals surface area contributed by atoms with E-state index >= 15 is 0 Å². The largest absolute Gasteiger partial charge is 0.508 e. The lowest BCUT2D eigenvalue weighted by Crippen LogP contribution is -2.18. The number of phenolic OH excluding ortho intramolecular Hbond substituents is 1. The zero-order valence-corrected chi connectivity index (χ0v) is 10.2. The lowest BCUT2D eigenvalue weighted by atomic mass is 9.81. The van der Waals surface area contributed by atoms with Crippen LogP contribution >= 0.6 is 0 Å². The van der Waals surface area contributed by atoms with Gasteiger partial charge in [0.2, 0.25) is 0 Å². The van der Waals surface area contributed by atoms with Gasteiger partial charge in [-0.2, -0.15) is 0 Å². The molecular formula is C14H21NO. The van der Waals surface area contributed by atoms with Crippen LogP contribution in [0.4, 0.5) is 0 Å². The summed E-state index contributed by atoms with van der Waals surface area (Å²) in [5.74, 6) is 1.10. The minimum Gasteiger partial charge on any atom is -0.508 e. The molecule has 0 fully saturated rings. The van der Waals surface area contributed by atoms with Crippen LogP contribution < -0.4 is 0 Å². The third-order valence-corrected chi connectivity index (χ3v) is 3.49. The smallest absolute Gasteiger partial charge is 0.115 e. The van der Waals surface area contributed by atoms with Crippen molar-refractivity contribution in [1.82, 2.24) is 4.90 Å². The first-order chi connectivity index (χ1) is 7.66. The van der Waals surface area contributed by atoms with Crippen molar-refractivity contribution in [2.24, 2.45) is 0 Å². The minimum atomic E-state index is 0.409. The van der Waals surface area contributed by atoms with Crippen LogP contribution in [0.5, 0.6) is 5.75 Å². The van der Waals surface area contributed by atoms with E-state index < -0.39 is 0 Å². The van der Waals surface area contributed by atoms with E-state index in [-0.39, 0.29) is 0 Å². The highest BCUT2D eigenvalue weighted by Gasteiger charge is 2.20. The highest BCUT2D eigenvalue weighted by atomic mass is 16.3. The standard InChI is InChI=1S/C14H21NO/c1-15(2)9-8-11-4-3-5-12-10-13(16)6-7-14(11)12/h6-7,10-11,16H,3-5,8-9H2,1-2H3. The maximum Gasteiger partial charge on any atom is 0.115 e. The van der Waals surface area contributed by atoms with Gasteiger partial charge in [-0.3, -0.25) is 0 Å². The number of aryl methyl sites for hydroxylation is 1. The molecular weight excluding hydrogens is 198 g/mol. The molecule has 0 amide bonds. The van der Waals surface area contributed by atoms with Crippen LogP contribution in [-0.4, -0.2) is 30.6 Å². The fourth-order valence-electron chi connectivity index (χ4n) is 2.62. The Kier molecular flexibility index (Phi) is 3.49. The van der Waals surface area contributed by atoms with Gasteiger partial charge in [0.1, 0.15) is 5.75 Å². The molecule has 0 aromatic heterocycles. The summed E-state index contributed by atoms with van der Waals surface area (Å²) < 4.78 is 0. The summed E-state index contributed by atoms with van der Waals surface area (Å²) in [6.45, 7) is 1.14. The molecule has 1 atom stereocenters. The molecule has 0 aliphatic heterocycles. The third kappa shape index (κ3) is 2.56. The lowest BCUT2D eigenvalue weighted by molar-refractivity contribution is 0.367. The SMILES string of the molecule is CN(C)CCC1CCCc2cc(O)ccc21. The highest BCUT2D eigenvalue weighted by molar-refractivity contribution is 5.38. The van der Waals surface area contributed by atoms with E-state index in [0.717, 1.165) is 13.0 Å². The van der Waals surface area contributed by atoms with Crippen LogP contribution in [0.25, 0.3) is 0 Å². The summed E-state index contributed by atoms with van der Waals surface area (Å²) in [5.41, 5.74) is 2.82. The quantitative estimate of drug-likeness (QED) is 0.845. The maximum absolute atomic E-state index is 9.48. The topological polar surface area (TPSA) is 23.5 Å². The summed E-state index contributed by atoms with van der Waals surface area (Å²) in [5, 5.41) is 9.48. The molecule has 1 aromatic rings. The number of rotatable bonds is 3. The molecule has 2 nitrogen and oxygen atoms in total. The maximum atomic E-state index is 9.48. The number of fused-ring (bicyclic) bond motifs is 1. The van der Waals surface area contributed by atoms with Gasteiger partial charge >= 0.3 is 0 Å². The first kappa shape index (κ1) is 11.5. The van der Waals surface area contributed by atoms with Crippen LogP contribution in [0.2, 0.25) is 0 Å². The zero-order chi connectivity index (χ0) is 11.5. The molecule has 1 unspecified atom stereocenters. The van der Waals surface area contributed by atoms with Gasteiger partial charge in [0, 0.05) is 0 Å². The van der Waals surface area contributed by atoms with E-state index in [9.17, 15) is 5.11 Å². The van der Waals surface area contributed by atoms with Crippen LogP contribution in [0.1, 0.15) is 36.3 Å². The summed E-state index contributed by atoms with van der Waals surface area (Å²) in [7, 11) is 4.25. The second-order valence-electron chi connectivity index (χ2n) is 5.06. The molecule has 0 bridgehead atoms. The van der Waals surface area contributed by atoms with Crippen LogP contribution in [0.15, 0.2) is 18.2 Å². The van der Waals surface area contributed by atoms with E-state index in [1.165, 1.54) is 30.4 Å². The Labute approximate surface area is 97.9 Å². The molecule has 88 valence electrons. The van der Waals surface area contributed by atoms with Crippen molar-refractivity contribution < 1.29 is 5.11 Å². The summed E-state index contributed by atoms with van der Waals surface area (Å²) in [6, 6.07) is 5.88. The van der Waals surface area contributed by atoms with E-state index in [0.29, 0.717) is 11.7 Å². The molecule has 2 heteroatoms. The van der Waals surface area contributed by atoms with Crippen molar-refractivity contribution in [2.75, 3.05) is 20.6 Å². The van der Waals surface area contributed by atoms with Gasteiger partial charge in [-0.05, 0) is 75.5 Å². The van der Waals surface area contributed by atoms with Crippen molar-refractivity contribution in [3.8, 4) is 5.75 Å². The Bertz CT molecular complexity index is 360. The Hall–Kier alpha value is -1.02. The zero-order valence-electron chi connectivity index (χ0n) is 10.2. The molecule has 0 saturated heterocycles. The van der Waals surface area contributed by atoms with Crippen LogP contribution in [0.3, 0.4) is 0 Å². The van der Waals surface area contributed by atoms with Gasteiger partial charge in [-0.15, -0.1) is 0 Å². The second-order valence-corrected chi connectivity index (χ2v) is 5.06. The molecule has 0 radical (unpaired) electrons. The average Bonchev–Trinajstić information content (AvgIpc) is 2.25. The predicted octanol–water partition coefficient (Wildman–Crippen LogP) is 2.76. The number of aromatic hydroxyl groups is 1. The number of benzene rings is 1. The number of nitrogens with zero attached hydrogens (tertiary/aromatic N) is 1. The molecule has 16 heavy (non-hydrogen) atoms. The van der Waals surface area contributed by atoms with Gasteiger partial charge in [-0.25, -0.2) is 0 Å². The predicted molar refractivity (Wildman–Crippen MR) is 67.0 cm³/mol. The van der Waals surface area contributed by atoms with Gasteiger partial charge in [0.25, 0.3) is 0 Å². The van der Waals surface area contributed by atoms with Crippen molar-refractivity contribution >= 4 is 0 Å². The second kappa shape index (κ2) is 4.88. The molecule has 1 aliphatic carbocycles. The highest BCUT2D eigenvalue weighted by Crippen LogP contribution is 2.35. The Morgan fingerprint density at radius 2 is 2.19 bits per heavy atom. The lowest BCUT2D eigenvalue weighted by Gasteiger charge is -2.26. The van der Waals surface area contributed by atoms with Crippen LogP contribution in [-0.2, 0) is 6.42 Å². The molecule has 2 rings (SSSR count). The Morgan fingerprint density at radius 3 is 2.94 bits per heavy atom. The first-order valence-electron chi connectivity index (χ1n) is 6.13. The molecule has 1 aromatic carbocycles. The van der Waals surface area contributed by atoms with Crippen molar-refractivity contribution in [3.05, 3.63) is 29.3 Å². The fraction of sp³-hybridized carbons (Fsp3) is 0.571. The Balaban J connectivity index is 2.13.